The van der Waals surface area contributed by atoms with E-state index >= 15 is 0 Å². The molecule has 0 radical (unpaired) electrons. The summed E-state index contributed by atoms with van der Waals surface area (Å²) in [4.78, 5) is 0. The SMILES string of the molecule is CC(F)(CN)Cc1cc(Br)ccc1F. The number of halogens is 3. The first-order chi connectivity index (χ1) is 6.44. The van der Waals surface area contributed by atoms with E-state index in [9.17, 15) is 8.78 Å². The van der Waals surface area contributed by atoms with Crippen molar-refractivity contribution in [1.82, 2.24) is 0 Å². The van der Waals surface area contributed by atoms with Crippen LogP contribution in [0.3, 0.4) is 0 Å². The maximum Gasteiger partial charge on any atom is 0.126 e. The van der Waals surface area contributed by atoms with Crippen LogP contribution >= 0.6 is 15.9 Å². The van der Waals surface area contributed by atoms with Gasteiger partial charge in [0.2, 0.25) is 0 Å². The zero-order valence-corrected chi connectivity index (χ0v) is 9.44. The van der Waals surface area contributed by atoms with E-state index in [2.05, 4.69) is 15.9 Å². The van der Waals surface area contributed by atoms with E-state index in [0.29, 0.717) is 5.56 Å². The summed E-state index contributed by atoms with van der Waals surface area (Å²) in [7, 11) is 0. The predicted octanol–water partition coefficient (Wildman–Crippen LogP) is 2.82. The lowest BCUT2D eigenvalue weighted by Crippen LogP contribution is -2.32. The largest absolute Gasteiger partial charge is 0.328 e. The average Bonchev–Trinajstić information content (AvgIpc) is 2.11. The lowest BCUT2D eigenvalue weighted by Gasteiger charge is -2.18. The van der Waals surface area contributed by atoms with Crippen molar-refractivity contribution in [3.63, 3.8) is 0 Å². The van der Waals surface area contributed by atoms with Crippen LogP contribution < -0.4 is 5.73 Å². The van der Waals surface area contributed by atoms with Gasteiger partial charge in [-0.25, -0.2) is 8.78 Å². The number of benzene rings is 1. The lowest BCUT2D eigenvalue weighted by atomic mass is 9.98. The third kappa shape index (κ3) is 3.03. The van der Waals surface area contributed by atoms with E-state index < -0.39 is 11.5 Å². The van der Waals surface area contributed by atoms with Crippen LogP contribution in [-0.4, -0.2) is 12.2 Å². The first-order valence-electron chi connectivity index (χ1n) is 4.27. The number of hydrogen-bond donors (Lipinski definition) is 1. The molecule has 1 unspecified atom stereocenters. The summed E-state index contributed by atoms with van der Waals surface area (Å²) in [6, 6.07) is 4.46. The van der Waals surface area contributed by atoms with Crippen molar-refractivity contribution in [3.8, 4) is 0 Å². The Morgan fingerprint density at radius 2 is 2.14 bits per heavy atom. The molecule has 1 nitrogen and oxygen atoms in total. The third-order valence-electron chi connectivity index (χ3n) is 1.99. The number of nitrogens with two attached hydrogens (primary N) is 1. The van der Waals surface area contributed by atoms with Crippen LogP contribution in [0.4, 0.5) is 8.78 Å². The van der Waals surface area contributed by atoms with Gasteiger partial charge in [0.1, 0.15) is 11.5 Å². The second-order valence-electron chi connectivity index (χ2n) is 3.53. The highest BCUT2D eigenvalue weighted by atomic mass is 79.9. The first kappa shape index (κ1) is 11.6. The summed E-state index contributed by atoms with van der Waals surface area (Å²) >= 11 is 3.21. The Labute approximate surface area is 90.4 Å². The molecule has 1 aromatic rings. The molecule has 0 aromatic heterocycles. The standard InChI is InChI=1S/C10H12BrF2N/c1-10(13,6-14)5-7-4-8(11)2-3-9(7)12/h2-4H,5-6,14H2,1H3. The Hall–Kier alpha value is -0.480. The molecule has 0 fully saturated rings. The molecule has 0 aliphatic heterocycles. The van der Waals surface area contributed by atoms with E-state index in [1.807, 2.05) is 0 Å². The molecule has 0 saturated heterocycles. The lowest BCUT2D eigenvalue weighted by molar-refractivity contribution is 0.198. The summed E-state index contributed by atoms with van der Waals surface area (Å²) in [6.45, 7) is 1.26. The molecule has 0 saturated carbocycles. The van der Waals surface area contributed by atoms with Gasteiger partial charge in [-0.2, -0.15) is 0 Å². The topological polar surface area (TPSA) is 26.0 Å². The second-order valence-corrected chi connectivity index (χ2v) is 4.45. The van der Waals surface area contributed by atoms with Crippen molar-refractivity contribution in [1.29, 1.82) is 0 Å². The fraction of sp³-hybridized carbons (Fsp3) is 0.400. The van der Waals surface area contributed by atoms with E-state index in [-0.39, 0.29) is 13.0 Å². The second kappa shape index (κ2) is 4.36. The minimum absolute atomic E-state index is 0.00519. The van der Waals surface area contributed by atoms with Crippen LogP contribution in [0, 0.1) is 5.82 Å². The minimum Gasteiger partial charge on any atom is -0.328 e. The molecule has 0 spiro atoms. The van der Waals surface area contributed by atoms with Crippen molar-refractivity contribution < 1.29 is 8.78 Å². The Balaban J connectivity index is 2.91. The summed E-state index contributed by atoms with van der Waals surface area (Å²) in [5, 5.41) is 0. The normalized spacial score (nSPS) is 15.2. The van der Waals surface area contributed by atoms with E-state index in [0.717, 1.165) is 4.47 Å². The fourth-order valence-corrected chi connectivity index (χ4v) is 1.56. The smallest absolute Gasteiger partial charge is 0.126 e. The van der Waals surface area contributed by atoms with Crippen LogP contribution in [0.1, 0.15) is 12.5 Å². The van der Waals surface area contributed by atoms with Crippen LogP contribution in [0.25, 0.3) is 0 Å². The fourth-order valence-electron chi connectivity index (χ4n) is 1.15. The Kier molecular flexibility index (Phi) is 3.61. The molecule has 0 aliphatic rings. The molecule has 2 N–H and O–H groups in total. The van der Waals surface area contributed by atoms with Gasteiger partial charge in [-0.15, -0.1) is 0 Å². The molecule has 0 bridgehead atoms. The highest BCUT2D eigenvalue weighted by Crippen LogP contribution is 2.22. The molecule has 0 amide bonds. The van der Waals surface area contributed by atoms with Gasteiger partial charge >= 0.3 is 0 Å². The molecule has 14 heavy (non-hydrogen) atoms. The van der Waals surface area contributed by atoms with Crippen molar-refractivity contribution in [2.24, 2.45) is 5.73 Å². The Morgan fingerprint density at radius 3 is 2.71 bits per heavy atom. The van der Waals surface area contributed by atoms with Gasteiger partial charge < -0.3 is 5.73 Å². The van der Waals surface area contributed by atoms with Gasteiger partial charge in [0.25, 0.3) is 0 Å². The van der Waals surface area contributed by atoms with E-state index in [1.54, 1.807) is 12.1 Å². The number of hydrogen-bond acceptors (Lipinski definition) is 1. The molecule has 0 aliphatic carbocycles. The molecule has 4 heteroatoms. The maximum absolute atomic E-state index is 13.5. The van der Waals surface area contributed by atoms with Crippen LogP contribution in [-0.2, 0) is 6.42 Å². The molecule has 1 rings (SSSR count). The van der Waals surface area contributed by atoms with Crippen molar-refractivity contribution >= 4 is 15.9 Å². The van der Waals surface area contributed by atoms with Crippen molar-refractivity contribution in [2.45, 2.75) is 19.0 Å². The van der Waals surface area contributed by atoms with E-state index in [1.165, 1.54) is 13.0 Å². The molecular weight excluding hydrogens is 252 g/mol. The van der Waals surface area contributed by atoms with Gasteiger partial charge in [-0.05, 0) is 30.7 Å². The van der Waals surface area contributed by atoms with E-state index in [4.69, 9.17) is 5.73 Å². The molecule has 0 heterocycles. The van der Waals surface area contributed by atoms with Crippen LogP contribution in [0.5, 0.6) is 0 Å². The van der Waals surface area contributed by atoms with Crippen molar-refractivity contribution in [2.75, 3.05) is 6.54 Å². The van der Waals surface area contributed by atoms with Gasteiger partial charge in [0.15, 0.2) is 0 Å². The quantitative estimate of drug-likeness (QED) is 0.892. The highest BCUT2D eigenvalue weighted by Gasteiger charge is 2.23. The van der Waals surface area contributed by atoms with Crippen LogP contribution in [0.15, 0.2) is 22.7 Å². The first-order valence-corrected chi connectivity index (χ1v) is 5.07. The number of rotatable bonds is 3. The van der Waals surface area contributed by atoms with Gasteiger partial charge in [-0.3, -0.25) is 0 Å². The van der Waals surface area contributed by atoms with Crippen molar-refractivity contribution in [3.05, 3.63) is 34.1 Å². The molecular formula is C10H12BrF2N. The van der Waals surface area contributed by atoms with Gasteiger partial charge in [0.05, 0.1) is 0 Å². The highest BCUT2D eigenvalue weighted by molar-refractivity contribution is 9.10. The summed E-state index contributed by atoms with van der Waals surface area (Å²) in [5.74, 6) is -0.398. The zero-order chi connectivity index (χ0) is 10.8. The maximum atomic E-state index is 13.5. The Bertz CT molecular complexity index is 326. The predicted molar refractivity (Wildman–Crippen MR) is 56.4 cm³/mol. The molecule has 78 valence electrons. The van der Waals surface area contributed by atoms with Crippen LogP contribution in [0.2, 0.25) is 0 Å². The zero-order valence-electron chi connectivity index (χ0n) is 7.86. The summed E-state index contributed by atoms with van der Waals surface area (Å²) in [6.07, 6.45) is -0.00519. The Morgan fingerprint density at radius 1 is 1.50 bits per heavy atom. The monoisotopic (exact) mass is 263 g/mol. The van der Waals surface area contributed by atoms with Gasteiger partial charge in [-0.1, -0.05) is 15.9 Å². The average molecular weight is 264 g/mol. The third-order valence-corrected chi connectivity index (χ3v) is 2.49. The minimum atomic E-state index is -1.55. The number of alkyl halides is 1. The molecule has 1 atom stereocenters. The molecule has 1 aromatic carbocycles. The summed E-state index contributed by atoms with van der Waals surface area (Å²) < 4.78 is 27.5. The van der Waals surface area contributed by atoms with Gasteiger partial charge in [0, 0.05) is 17.4 Å². The summed E-state index contributed by atoms with van der Waals surface area (Å²) in [5.41, 5.74) is 4.02.